The Kier molecular flexibility index (Phi) is 12.4. The Bertz CT molecular complexity index is 1730. The van der Waals surface area contributed by atoms with E-state index in [-0.39, 0.29) is 29.5 Å². The van der Waals surface area contributed by atoms with Crippen LogP contribution in [0.25, 0.3) is 0 Å². The number of rotatable bonds is 16. The molecule has 0 aliphatic carbocycles. The lowest BCUT2D eigenvalue weighted by Crippen LogP contribution is -2.53. The molecule has 2 amide bonds. The zero-order valence-corrected chi connectivity index (χ0v) is 28.2. The van der Waals surface area contributed by atoms with E-state index in [0.29, 0.717) is 18.0 Å². The van der Waals surface area contributed by atoms with E-state index in [2.05, 4.69) is 5.32 Å². The third kappa shape index (κ3) is 9.13. The van der Waals surface area contributed by atoms with Gasteiger partial charge in [0.2, 0.25) is 11.8 Å². The zero-order chi connectivity index (χ0) is 33.8. The summed E-state index contributed by atoms with van der Waals surface area (Å²) in [5.74, 6) is 0.0201. The molecule has 10 heteroatoms. The number of carbonyl (C=O) groups excluding carboxylic acids is 2. The van der Waals surface area contributed by atoms with E-state index in [9.17, 15) is 18.0 Å². The predicted octanol–water partition coefficient (Wildman–Crippen LogP) is 5.76. The molecule has 0 aromatic heterocycles. The van der Waals surface area contributed by atoms with E-state index in [0.717, 1.165) is 33.8 Å². The van der Waals surface area contributed by atoms with Crippen LogP contribution in [0.5, 0.6) is 11.5 Å². The molecule has 0 fully saturated rings. The molecule has 4 aromatic rings. The summed E-state index contributed by atoms with van der Waals surface area (Å²) in [6.45, 7) is 3.79. The fourth-order valence-corrected chi connectivity index (χ4v) is 6.69. The topological polar surface area (TPSA) is 105 Å². The number of benzene rings is 4. The minimum absolute atomic E-state index is 0.0221. The van der Waals surface area contributed by atoms with Crippen molar-refractivity contribution in [2.45, 2.75) is 50.6 Å². The molecule has 9 nitrogen and oxygen atoms in total. The number of hydrogen-bond acceptors (Lipinski definition) is 6. The Morgan fingerprint density at radius 1 is 0.830 bits per heavy atom. The maximum atomic E-state index is 14.7. The number of sulfonamides is 1. The molecule has 248 valence electrons. The van der Waals surface area contributed by atoms with Gasteiger partial charge in [0.1, 0.15) is 24.1 Å². The van der Waals surface area contributed by atoms with Crippen LogP contribution >= 0.6 is 0 Å². The van der Waals surface area contributed by atoms with Crippen molar-refractivity contribution in [1.29, 1.82) is 0 Å². The summed E-state index contributed by atoms with van der Waals surface area (Å²) in [5, 5.41) is 3.01. The van der Waals surface area contributed by atoms with Gasteiger partial charge >= 0.3 is 0 Å². The minimum atomic E-state index is -4.25. The van der Waals surface area contributed by atoms with Gasteiger partial charge in [-0.25, -0.2) is 8.42 Å². The molecule has 0 radical (unpaired) electrons. The summed E-state index contributed by atoms with van der Waals surface area (Å²) in [4.78, 5) is 30.1. The van der Waals surface area contributed by atoms with Crippen molar-refractivity contribution in [1.82, 2.24) is 10.2 Å². The molecule has 1 N–H and O–H groups in total. The largest absolute Gasteiger partial charge is 0.497 e. The second kappa shape index (κ2) is 16.6. The summed E-state index contributed by atoms with van der Waals surface area (Å²) >= 11 is 0. The number of anilines is 1. The van der Waals surface area contributed by atoms with Crippen LogP contribution in [0.4, 0.5) is 5.69 Å². The highest BCUT2D eigenvalue weighted by atomic mass is 32.2. The molecule has 0 saturated carbocycles. The van der Waals surface area contributed by atoms with E-state index >= 15 is 0 Å². The number of aryl methyl sites for hydroxylation is 1. The minimum Gasteiger partial charge on any atom is -0.497 e. The van der Waals surface area contributed by atoms with Crippen molar-refractivity contribution >= 4 is 27.5 Å². The Morgan fingerprint density at radius 3 is 2.17 bits per heavy atom. The molecule has 4 rings (SSSR count). The van der Waals surface area contributed by atoms with Gasteiger partial charge < -0.3 is 19.7 Å². The first-order valence-electron chi connectivity index (χ1n) is 15.6. The quantitative estimate of drug-likeness (QED) is 0.154. The molecule has 4 aromatic carbocycles. The second-order valence-corrected chi connectivity index (χ2v) is 13.1. The lowest BCUT2D eigenvalue weighted by Gasteiger charge is -2.34. The maximum Gasteiger partial charge on any atom is 0.264 e. The number of nitrogens with zero attached hydrogens (tertiary/aromatic N) is 2. The molecule has 0 saturated heterocycles. The molecule has 0 aliphatic heterocycles. The molecule has 0 spiro atoms. The fourth-order valence-electron chi connectivity index (χ4n) is 5.26. The number of hydrogen-bond donors (Lipinski definition) is 1. The van der Waals surface area contributed by atoms with Crippen molar-refractivity contribution in [3.63, 3.8) is 0 Å². The van der Waals surface area contributed by atoms with Crippen LogP contribution in [0.3, 0.4) is 0 Å². The van der Waals surface area contributed by atoms with Gasteiger partial charge in [-0.2, -0.15) is 0 Å². The summed E-state index contributed by atoms with van der Waals surface area (Å²) in [5.41, 5.74) is 2.59. The van der Waals surface area contributed by atoms with Crippen LogP contribution in [0, 0.1) is 6.92 Å². The lowest BCUT2D eigenvalue weighted by atomic mass is 10.0. The Balaban J connectivity index is 1.84. The molecular weight excluding hydrogens is 614 g/mol. The Morgan fingerprint density at radius 2 is 1.51 bits per heavy atom. The molecular formula is C37H43N3O6S. The Hall–Kier alpha value is -4.83. The first-order valence-corrected chi connectivity index (χ1v) is 17.1. The van der Waals surface area contributed by atoms with Gasteiger partial charge in [-0.15, -0.1) is 0 Å². The van der Waals surface area contributed by atoms with E-state index in [4.69, 9.17) is 9.47 Å². The first-order chi connectivity index (χ1) is 22.7. The van der Waals surface area contributed by atoms with Crippen molar-refractivity contribution in [2.75, 3.05) is 31.6 Å². The fraction of sp³-hybridized carbons (Fsp3) is 0.297. The summed E-state index contributed by atoms with van der Waals surface area (Å²) < 4.78 is 40.7. The van der Waals surface area contributed by atoms with Crippen LogP contribution in [-0.2, 0) is 32.6 Å². The van der Waals surface area contributed by atoms with Crippen LogP contribution < -0.4 is 19.1 Å². The highest BCUT2D eigenvalue weighted by Crippen LogP contribution is 2.34. The number of nitrogens with one attached hydrogen (secondary N) is 1. The van der Waals surface area contributed by atoms with Crippen LogP contribution in [0.1, 0.15) is 36.5 Å². The number of carbonyl (C=O) groups is 2. The smallest absolute Gasteiger partial charge is 0.264 e. The van der Waals surface area contributed by atoms with Gasteiger partial charge in [-0.05, 0) is 66.4 Å². The van der Waals surface area contributed by atoms with Gasteiger partial charge in [-0.3, -0.25) is 13.9 Å². The zero-order valence-electron chi connectivity index (χ0n) is 27.4. The second-order valence-electron chi connectivity index (χ2n) is 11.2. The standard InChI is InChI=1S/C37H43N3O6S/c1-5-6-22-38-37(42)34(25-29-14-9-7-10-15-29)39(26-30-16-13-17-31(24-30)45-3)36(41)27-40(33-23-28(2)20-21-35(33)46-4)47(43,44)32-18-11-8-12-19-32/h7-21,23-24,34H,5-6,22,25-27H2,1-4H3,(H,38,42). The third-order valence-electron chi connectivity index (χ3n) is 7.80. The van der Waals surface area contributed by atoms with E-state index in [1.807, 2.05) is 62.4 Å². The van der Waals surface area contributed by atoms with Crippen molar-refractivity contribution < 1.29 is 27.5 Å². The summed E-state index contributed by atoms with van der Waals surface area (Å²) in [6.07, 6.45) is 1.90. The normalized spacial score (nSPS) is 11.7. The van der Waals surface area contributed by atoms with Gasteiger partial charge in [-0.1, -0.05) is 80.1 Å². The van der Waals surface area contributed by atoms with Crippen LogP contribution in [0.15, 0.2) is 108 Å². The van der Waals surface area contributed by atoms with Crippen molar-refractivity contribution in [2.24, 2.45) is 0 Å². The molecule has 1 atom stereocenters. The summed E-state index contributed by atoms with van der Waals surface area (Å²) in [7, 11) is -1.24. The highest BCUT2D eigenvalue weighted by molar-refractivity contribution is 7.92. The van der Waals surface area contributed by atoms with E-state index in [1.54, 1.807) is 49.6 Å². The van der Waals surface area contributed by atoms with Crippen molar-refractivity contribution in [3.8, 4) is 11.5 Å². The van der Waals surface area contributed by atoms with Gasteiger partial charge in [0.25, 0.3) is 10.0 Å². The number of unbranched alkanes of at least 4 members (excludes halogenated alkanes) is 1. The third-order valence-corrected chi connectivity index (χ3v) is 9.57. The number of ether oxygens (including phenoxy) is 2. The Labute approximate surface area is 278 Å². The average Bonchev–Trinajstić information content (AvgIpc) is 3.09. The van der Waals surface area contributed by atoms with Crippen molar-refractivity contribution in [3.05, 3.63) is 120 Å². The maximum absolute atomic E-state index is 14.7. The first kappa shape index (κ1) is 35.0. The number of amides is 2. The van der Waals surface area contributed by atoms with E-state index < -0.39 is 28.5 Å². The van der Waals surface area contributed by atoms with Gasteiger partial charge in [0.05, 0.1) is 24.8 Å². The SMILES string of the molecule is CCCCNC(=O)C(Cc1ccccc1)N(Cc1cccc(OC)c1)C(=O)CN(c1cc(C)ccc1OC)S(=O)(=O)c1ccccc1. The van der Waals surface area contributed by atoms with Gasteiger partial charge in [0, 0.05) is 19.5 Å². The van der Waals surface area contributed by atoms with E-state index in [1.165, 1.54) is 24.1 Å². The highest BCUT2D eigenvalue weighted by Gasteiger charge is 2.35. The summed E-state index contributed by atoms with van der Waals surface area (Å²) in [6, 6.07) is 28.9. The monoisotopic (exact) mass is 657 g/mol. The molecule has 1 unspecified atom stereocenters. The molecule has 0 bridgehead atoms. The van der Waals surface area contributed by atoms with Crippen LogP contribution in [-0.4, -0.2) is 58.5 Å². The average molecular weight is 658 g/mol. The molecule has 47 heavy (non-hydrogen) atoms. The van der Waals surface area contributed by atoms with Crippen LogP contribution in [0.2, 0.25) is 0 Å². The lowest BCUT2D eigenvalue weighted by molar-refractivity contribution is -0.140. The molecule has 0 heterocycles. The number of methoxy groups -OCH3 is 2. The molecule has 0 aliphatic rings. The van der Waals surface area contributed by atoms with Gasteiger partial charge in [0.15, 0.2) is 0 Å². The predicted molar refractivity (Wildman–Crippen MR) is 184 cm³/mol.